The first-order chi connectivity index (χ1) is 23.3. The first-order valence-electron chi connectivity index (χ1n) is 15.8. The lowest BCUT2D eigenvalue weighted by atomic mass is 9.95. The van der Waals surface area contributed by atoms with Crippen LogP contribution in [-0.4, -0.2) is 14.5 Å². The van der Waals surface area contributed by atoms with E-state index in [2.05, 4.69) is 108 Å². The lowest BCUT2D eigenvalue weighted by Gasteiger charge is -2.10. The van der Waals surface area contributed by atoms with Gasteiger partial charge in [-0.3, -0.25) is 4.57 Å². The molecule has 0 N–H and O–H groups in total. The van der Waals surface area contributed by atoms with Crippen molar-refractivity contribution in [1.82, 2.24) is 14.5 Å². The van der Waals surface area contributed by atoms with Crippen molar-refractivity contribution in [3.8, 4) is 17.2 Å². The number of hydrogen-bond acceptors (Lipinski definition) is 4. The Hall–Kier alpha value is -6.04. The van der Waals surface area contributed by atoms with Gasteiger partial charge in [-0.05, 0) is 57.9 Å². The molecular formula is C42H23N3OS. The molecule has 0 amide bonds. The molecule has 0 fully saturated rings. The molecule has 218 valence electrons. The highest BCUT2D eigenvalue weighted by Crippen LogP contribution is 2.44. The van der Waals surface area contributed by atoms with Gasteiger partial charge in [-0.1, -0.05) is 103 Å². The number of para-hydroxylation sites is 2. The third kappa shape index (κ3) is 3.41. The fourth-order valence-corrected chi connectivity index (χ4v) is 8.71. The number of thiophene rings is 1. The Bertz CT molecular complexity index is 3080. The minimum Gasteiger partial charge on any atom is -0.452 e. The number of nitrogens with zero attached hydrogens (tertiary/aromatic N) is 3. The van der Waals surface area contributed by atoms with E-state index >= 15 is 0 Å². The highest BCUT2D eigenvalue weighted by Gasteiger charge is 2.22. The molecular weight excluding hydrogens is 595 g/mol. The summed E-state index contributed by atoms with van der Waals surface area (Å²) in [5, 5.41) is 11.1. The van der Waals surface area contributed by atoms with E-state index < -0.39 is 0 Å². The zero-order valence-electron chi connectivity index (χ0n) is 24.9. The minimum absolute atomic E-state index is 0.625. The first-order valence-corrected chi connectivity index (χ1v) is 16.6. The molecule has 7 aromatic carbocycles. The van der Waals surface area contributed by atoms with Crippen LogP contribution in [0.3, 0.4) is 0 Å². The summed E-state index contributed by atoms with van der Waals surface area (Å²) in [7, 11) is 0. The van der Waals surface area contributed by atoms with Crippen molar-refractivity contribution in [1.29, 1.82) is 0 Å². The van der Waals surface area contributed by atoms with Crippen LogP contribution >= 0.6 is 11.3 Å². The average molecular weight is 618 g/mol. The molecule has 0 saturated heterocycles. The molecule has 0 unspecified atom stereocenters. The second kappa shape index (κ2) is 9.25. The highest BCUT2D eigenvalue weighted by molar-refractivity contribution is 7.26. The maximum atomic E-state index is 6.41. The summed E-state index contributed by atoms with van der Waals surface area (Å²) in [6, 6.07) is 49.4. The monoisotopic (exact) mass is 617 g/mol. The summed E-state index contributed by atoms with van der Waals surface area (Å²) in [6.07, 6.45) is 0. The number of rotatable bonds is 2. The van der Waals surface area contributed by atoms with Crippen molar-refractivity contribution < 1.29 is 4.42 Å². The number of aromatic nitrogens is 3. The van der Waals surface area contributed by atoms with Crippen LogP contribution < -0.4 is 0 Å². The number of furan rings is 1. The molecule has 0 spiro atoms. The summed E-state index contributed by atoms with van der Waals surface area (Å²) in [5.74, 6) is 0.625. The third-order valence-corrected chi connectivity index (χ3v) is 10.7. The Morgan fingerprint density at radius 2 is 1.21 bits per heavy atom. The van der Waals surface area contributed by atoms with Gasteiger partial charge in [-0.2, -0.15) is 0 Å². The van der Waals surface area contributed by atoms with Crippen LogP contribution in [0.2, 0.25) is 0 Å². The van der Waals surface area contributed by atoms with Crippen molar-refractivity contribution in [3.05, 3.63) is 140 Å². The molecule has 4 aromatic heterocycles. The Morgan fingerprint density at radius 1 is 0.489 bits per heavy atom. The van der Waals surface area contributed by atoms with E-state index in [4.69, 9.17) is 14.4 Å². The molecule has 0 bridgehead atoms. The van der Waals surface area contributed by atoms with Gasteiger partial charge in [0.2, 0.25) is 5.95 Å². The van der Waals surface area contributed by atoms with E-state index in [-0.39, 0.29) is 0 Å². The normalized spacial score (nSPS) is 12.3. The third-order valence-electron chi connectivity index (χ3n) is 9.61. The smallest absolute Gasteiger partial charge is 0.236 e. The fraction of sp³-hybridized carbons (Fsp3) is 0. The summed E-state index contributed by atoms with van der Waals surface area (Å²) in [5.41, 5.74) is 6.24. The van der Waals surface area contributed by atoms with Crippen molar-refractivity contribution in [2.75, 3.05) is 0 Å². The van der Waals surface area contributed by atoms with E-state index in [0.29, 0.717) is 11.5 Å². The van der Waals surface area contributed by atoms with E-state index in [1.54, 1.807) is 0 Å². The lowest BCUT2D eigenvalue weighted by Crippen LogP contribution is -2.02. The van der Waals surface area contributed by atoms with E-state index in [1.807, 2.05) is 47.7 Å². The predicted octanol–water partition coefficient (Wildman–Crippen LogP) is 11.8. The SMILES string of the molecule is c1ccc(-c2nc(-n3c4ccccc4c4c5ccc6ccc7sc8ccccc8c7c6c5ccc43)nc3c2oc2ccccc23)cc1. The van der Waals surface area contributed by atoms with Crippen molar-refractivity contribution in [3.63, 3.8) is 0 Å². The Balaban J connectivity index is 1.29. The van der Waals surface area contributed by atoms with Gasteiger partial charge in [0.05, 0.1) is 11.0 Å². The van der Waals surface area contributed by atoms with Gasteiger partial charge in [-0.15, -0.1) is 11.3 Å². The molecule has 5 heteroatoms. The summed E-state index contributed by atoms with van der Waals surface area (Å²) >= 11 is 1.87. The topological polar surface area (TPSA) is 43.9 Å². The zero-order chi connectivity index (χ0) is 30.6. The average Bonchev–Trinajstić information content (AvgIpc) is 3.81. The Kier molecular flexibility index (Phi) is 4.96. The van der Waals surface area contributed by atoms with Gasteiger partial charge in [0.25, 0.3) is 0 Å². The largest absolute Gasteiger partial charge is 0.452 e. The molecule has 0 radical (unpaired) electrons. The van der Waals surface area contributed by atoms with Crippen LogP contribution in [0.25, 0.3) is 103 Å². The first kappa shape index (κ1) is 25.2. The van der Waals surface area contributed by atoms with Crippen LogP contribution in [-0.2, 0) is 0 Å². The standard InChI is InChI=1S/C42H23N3OS/c1-2-10-25(11-3-1)39-41-40(29-13-5-8-16-33(29)46-41)44-42(43-39)45-31-15-7-4-12-28(31)37-27-20-18-24-19-23-35-38(30-14-6-9-17-34(30)47-35)36(24)26(27)21-22-32(37)45/h1-23H. The Morgan fingerprint density at radius 3 is 2.13 bits per heavy atom. The quantitative estimate of drug-likeness (QED) is 0.181. The number of hydrogen-bond donors (Lipinski definition) is 0. The maximum absolute atomic E-state index is 6.41. The summed E-state index contributed by atoms with van der Waals surface area (Å²) in [6.45, 7) is 0. The molecule has 0 aliphatic carbocycles. The Labute approximate surface area is 271 Å². The molecule has 4 heterocycles. The van der Waals surface area contributed by atoms with Crippen LogP contribution in [0.5, 0.6) is 0 Å². The van der Waals surface area contributed by atoms with Crippen molar-refractivity contribution in [2.45, 2.75) is 0 Å². The molecule has 0 saturated carbocycles. The zero-order valence-corrected chi connectivity index (χ0v) is 25.8. The fourth-order valence-electron chi connectivity index (χ4n) is 7.60. The maximum Gasteiger partial charge on any atom is 0.236 e. The molecule has 0 atom stereocenters. The molecule has 11 rings (SSSR count). The lowest BCUT2D eigenvalue weighted by molar-refractivity contribution is 0.666. The minimum atomic E-state index is 0.625. The van der Waals surface area contributed by atoms with Crippen LogP contribution in [0.15, 0.2) is 144 Å². The van der Waals surface area contributed by atoms with Crippen LogP contribution in [0.1, 0.15) is 0 Å². The number of benzene rings is 7. The van der Waals surface area contributed by atoms with Crippen molar-refractivity contribution in [2.24, 2.45) is 0 Å². The van der Waals surface area contributed by atoms with Gasteiger partial charge in [0.1, 0.15) is 16.8 Å². The van der Waals surface area contributed by atoms with Gasteiger partial charge in [-0.25, -0.2) is 9.97 Å². The van der Waals surface area contributed by atoms with Gasteiger partial charge in [0, 0.05) is 41.9 Å². The second-order valence-corrected chi connectivity index (χ2v) is 13.2. The van der Waals surface area contributed by atoms with E-state index in [1.165, 1.54) is 52.5 Å². The predicted molar refractivity (Wildman–Crippen MR) is 197 cm³/mol. The van der Waals surface area contributed by atoms with Gasteiger partial charge < -0.3 is 4.42 Å². The van der Waals surface area contributed by atoms with Gasteiger partial charge >= 0.3 is 0 Å². The molecule has 4 nitrogen and oxygen atoms in total. The summed E-state index contributed by atoms with van der Waals surface area (Å²) in [4.78, 5) is 10.5. The highest BCUT2D eigenvalue weighted by atomic mass is 32.1. The van der Waals surface area contributed by atoms with E-state index in [0.717, 1.165) is 38.8 Å². The molecule has 11 aromatic rings. The van der Waals surface area contributed by atoms with Crippen molar-refractivity contribution >= 4 is 96.9 Å². The summed E-state index contributed by atoms with van der Waals surface area (Å²) < 4.78 is 11.3. The van der Waals surface area contributed by atoms with E-state index in [9.17, 15) is 0 Å². The number of fused-ring (bicyclic) bond motifs is 14. The van der Waals surface area contributed by atoms with Crippen LogP contribution in [0, 0.1) is 0 Å². The molecule has 0 aliphatic rings. The van der Waals surface area contributed by atoms with Crippen LogP contribution in [0.4, 0.5) is 0 Å². The van der Waals surface area contributed by atoms with Gasteiger partial charge in [0.15, 0.2) is 5.58 Å². The second-order valence-electron chi connectivity index (χ2n) is 12.1. The molecule has 0 aliphatic heterocycles. The molecule has 47 heavy (non-hydrogen) atoms.